The largest absolute Gasteiger partial charge is 0.507 e. The Morgan fingerprint density at radius 1 is 0.800 bits per heavy atom. The minimum absolute atomic E-state index is 0.177. The molecule has 5 nitrogen and oxygen atoms in total. The molecule has 0 saturated heterocycles. The summed E-state index contributed by atoms with van der Waals surface area (Å²) in [5, 5.41) is 9.76. The Morgan fingerprint density at radius 3 is 2.08 bits per heavy atom. The molecule has 1 heterocycles. The predicted octanol–water partition coefficient (Wildman–Crippen LogP) is 4.30. The predicted molar refractivity (Wildman–Crippen MR) is 99.8 cm³/mol. The molecule has 0 aliphatic rings. The van der Waals surface area contributed by atoms with Crippen molar-refractivity contribution in [2.45, 2.75) is 0 Å². The van der Waals surface area contributed by atoms with Gasteiger partial charge in [0.1, 0.15) is 11.5 Å². The lowest BCUT2D eigenvalue weighted by atomic mass is 10.2. The number of phenolic OH excluding ortho intramolecular Hbond substituents is 1. The molecule has 0 fully saturated rings. The van der Waals surface area contributed by atoms with Gasteiger partial charge in [0.2, 0.25) is 0 Å². The van der Waals surface area contributed by atoms with Gasteiger partial charge < -0.3 is 9.84 Å². The van der Waals surface area contributed by atoms with Gasteiger partial charge in [0, 0.05) is 23.6 Å². The van der Waals surface area contributed by atoms with Crippen LogP contribution >= 0.6 is 0 Å². The molecule has 25 heavy (non-hydrogen) atoms. The number of hydrogen-bond donors (Lipinski definition) is 1. The second-order valence-corrected chi connectivity index (χ2v) is 5.17. The number of aliphatic imine (C=N–C) groups is 2. The molecule has 124 valence electrons. The van der Waals surface area contributed by atoms with Gasteiger partial charge in [0.05, 0.1) is 7.11 Å². The molecule has 2 aromatic carbocycles. The van der Waals surface area contributed by atoms with E-state index in [4.69, 9.17) is 4.74 Å². The van der Waals surface area contributed by atoms with Crippen LogP contribution in [0.15, 0.2) is 76.7 Å². The van der Waals surface area contributed by atoms with Crippen LogP contribution in [-0.4, -0.2) is 29.6 Å². The van der Waals surface area contributed by atoms with E-state index in [-0.39, 0.29) is 5.75 Å². The highest BCUT2D eigenvalue weighted by Crippen LogP contribution is 2.19. The van der Waals surface area contributed by atoms with E-state index < -0.39 is 0 Å². The van der Waals surface area contributed by atoms with E-state index in [2.05, 4.69) is 15.0 Å². The number of pyridine rings is 1. The van der Waals surface area contributed by atoms with Gasteiger partial charge in [-0.1, -0.05) is 30.3 Å². The SMILES string of the molecule is COc1ccccc1/C=N/c1cccc(N=Cc2ccccc2O)n1. The number of phenols is 1. The van der Waals surface area contributed by atoms with Crippen LogP contribution < -0.4 is 4.74 Å². The minimum atomic E-state index is 0.177. The second-order valence-electron chi connectivity index (χ2n) is 5.17. The number of methoxy groups -OCH3 is 1. The Kier molecular flexibility index (Phi) is 5.16. The standard InChI is InChI=1S/C20H17N3O2/c1-25-18-10-5-3-8-16(18)14-22-20-12-6-11-19(23-20)21-13-15-7-2-4-9-17(15)24/h2-14,24H,1H3/b21-13?,22-14+. The fourth-order valence-electron chi connectivity index (χ4n) is 2.20. The average Bonchev–Trinajstić information content (AvgIpc) is 2.66. The van der Waals surface area contributed by atoms with Crippen molar-refractivity contribution in [3.63, 3.8) is 0 Å². The maximum Gasteiger partial charge on any atom is 0.154 e. The van der Waals surface area contributed by atoms with E-state index in [9.17, 15) is 5.11 Å². The van der Waals surface area contributed by atoms with E-state index in [0.29, 0.717) is 17.2 Å². The van der Waals surface area contributed by atoms with Crippen molar-refractivity contribution in [3.05, 3.63) is 77.9 Å². The number of para-hydroxylation sites is 2. The number of nitrogens with zero attached hydrogens (tertiary/aromatic N) is 3. The minimum Gasteiger partial charge on any atom is -0.507 e. The normalized spacial score (nSPS) is 11.2. The smallest absolute Gasteiger partial charge is 0.154 e. The van der Waals surface area contributed by atoms with Crippen molar-refractivity contribution in [1.29, 1.82) is 0 Å². The van der Waals surface area contributed by atoms with Gasteiger partial charge in [0.25, 0.3) is 0 Å². The fourth-order valence-corrected chi connectivity index (χ4v) is 2.20. The lowest BCUT2D eigenvalue weighted by molar-refractivity contribution is 0.414. The van der Waals surface area contributed by atoms with Gasteiger partial charge in [-0.3, -0.25) is 0 Å². The zero-order chi connectivity index (χ0) is 17.5. The second kappa shape index (κ2) is 7.88. The summed E-state index contributed by atoms with van der Waals surface area (Å²) in [7, 11) is 1.62. The average molecular weight is 331 g/mol. The molecule has 3 rings (SSSR count). The number of ether oxygens (including phenoxy) is 1. The Morgan fingerprint density at radius 2 is 1.40 bits per heavy atom. The fraction of sp³-hybridized carbons (Fsp3) is 0.0500. The molecular weight excluding hydrogens is 314 g/mol. The summed E-state index contributed by atoms with van der Waals surface area (Å²) in [5.74, 6) is 1.98. The zero-order valence-corrected chi connectivity index (χ0v) is 13.7. The summed E-state index contributed by atoms with van der Waals surface area (Å²) >= 11 is 0. The van der Waals surface area contributed by atoms with Crippen LogP contribution in [0.1, 0.15) is 11.1 Å². The summed E-state index contributed by atoms with van der Waals surface area (Å²) in [6.07, 6.45) is 3.28. The van der Waals surface area contributed by atoms with Gasteiger partial charge in [-0.05, 0) is 36.4 Å². The Balaban J connectivity index is 1.80. The molecule has 1 N–H and O–H groups in total. The van der Waals surface area contributed by atoms with Crippen molar-refractivity contribution in [1.82, 2.24) is 4.98 Å². The topological polar surface area (TPSA) is 67.1 Å². The monoisotopic (exact) mass is 331 g/mol. The summed E-state index contributed by atoms with van der Waals surface area (Å²) in [4.78, 5) is 13.0. The first-order chi connectivity index (χ1) is 12.3. The number of benzene rings is 2. The van der Waals surface area contributed by atoms with Crippen molar-refractivity contribution < 1.29 is 9.84 Å². The van der Waals surface area contributed by atoms with E-state index >= 15 is 0 Å². The molecule has 0 atom stereocenters. The van der Waals surface area contributed by atoms with Gasteiger partial charge in [-0.25, -0.2) is 15.0 Å². The van der Waals surface area contributed by atoms with E-state index in [1.807, 2.05) is 36.4 Å². The molecule has 3 aromatic rings. The third-order valence-electron chi connectivity index (χ3n) is 3.47. The van der Waals surface area contributed by atoms with Crippen LogP contribution in [0.4, 0.5) is 11.6 Å². The third-order valence-corrected chi connectivity index (χ3v) is 3.47. The third kappa shape index (κ3) is 4.29. The molecule has 0 amide bonds. The van der Waals surface area contributed by atoms with E-state index in [1.54, 1.807) is 49.9 Å². The maximum atomic E-state index is 9.76. The first-order valence-corrected chi connectivity index (χ1v) is 7.72. The quantitative estimate of drug-likeness (QED) is 0.709. The van der Waals surface area contributed by atoms with Crippen LogP contribution in [0.5, 0.6) is 11.5 Å². The van der Waals surface area contributed by atoms with Gasteiger partial charge in [0.15, 0.2) is 11.6 Å². The van der Waals surface area contributed by atoms with Crippen LogP contribution in [0.25, 0.3) is 0 Å². The summed E-state index contributed by atoms with van der Waals surface area (Å²) < 4.78 is 5.30. The molecule has 5 heteroatoms. The molecule has 0 saturated carbocycles. The highest BCUT2D eigenvalue weighted by atomic mass is 16.5. The molecular formula is C20H17N3O2. The van der Waals surface area contributed by atoms with Crippen LogP contribution in [-0.2, 0) is 0 Å². The zero-order valence-electron chi connectivity index (χ0n) is 13.7. The highest BCUT2D eigenvalue weighted by molar-refractivity contribution is 5.86. The van der Waals surface area contributed by atoms with E-state index in [1.165, 1.54) is 0 Å². The lowest BCUT2D eigenvalue weighted by Gasteiger charge is -2.02. The molecule has 1 aromatic heterocycles. The summed E-state index contributed by atoms with van der Waals surface area (Å²) in [6.45, 7) is 0. The van der Waals surface area contributed by atoms with Crippen LogP contribution in [0, 0.1) is 0 Å². The molecule has 0 aliphatic carbocycles. The molecule has 0 spiro atoms. The van der Waals surface area contributed by atoms with Crippen LogP contribution in [0.3, 0.4) is 0 Å². The van der Waals surface area contributed by atoms with E-state index in [0.717, 1.165) is 11.3 Å². The first kappa shape index (κ1) is 16.4. The van der Waals surface area contributed by atoms with Gasteiger partial charge in [-0.15, -0.1) is 0 Å². The Bertz CT molecular complexity index is 920. The Labute approximate surface area is 146 Å². The van der Waals surface area contributed by atoms with Crippen molar-refractivity contribution in [3.8, 4) is 11.5 Å². The number of rotatable bonds is 5. The molecule has 0 bridgehead atoms. The summed E-state index contributed by atoms with van der Waals surface area (Å²) in [6, 6.07) is 20.0. The number of aromatic hydroxyl groups is 1. The maximum absolute atomic E-state index is 9.76. The van der Waals surface area contributed by atoms with Crippen molar-refractivity contribution >= 4 is 24.1 Å². The van der Waals surface area contributed by atoms with Gasteiger partial charge >= 0.3 is 0 Å². The van der Waals surface area contributed by atoms with Gasteiger partial charge in [-0.2, -0.15) is 0 Å². The number of hydrogen-bond acceptors (Lipinski definition) is 5. The summed E-state index contributed by atoms with van der Waals surface area (Å²) in [5.41, 5.74) is 1.50. The molecule has 0 aliphatic heterocycles. The highest BCUT2D eigenvalue weighted by Gasteiger charge is 1.99. The first-order valence-electron chi connectivity index (χ1n) is 7.72. The number of aromatic nitrogens is 1. The molecule has 0 unspecified atom stereocenters. The molecule has 0 radical (unpaired) electrons. The van der Waals surface area contributed by atoms with Crippen molar-refractivity contribution in [2.75, 3.05) is 7.11 Å². The van der Waals surface area contributed by atoms with Crippen LogP contribution in [0.2, 0.25) is 0 Å². The lowest BCUT2D eigenvalue weighted by Crippen LogP contribution is -1.89. The van der Waals surface area contributed by atoms with Crippen molar-refractivity contribution in [2.24, 2.45) is 9.98 Å². The Hall–Kier alpha value is -3.47.